The van der Waals surface area contributed by atoms with Crippen molar-refractivity contribution < 1.29 is 33.6 Å². The second-order valence-electron chi connectivity index (χ2n) is 9.69. The molecular weight excluding hydrogens is 516 g/mol. The smallest absolute Gasteiger partial charge is 0.407 e. The Morgan fingerprint density at radius 1 is 0.975 bits per heavy atom. The number of nitrogens with zero attached hydrogens (tertiary/aromatic N) is 3. The molecule has 1 aromatic carbocycles. The van der Waals surface area contributed by atoms with E-state index in [-0.39, 0.29) is 19.8 Å². The van der Waals surface area contributed by atoms with Crippen LogP contribution in [0.2, 0.25) is 0 Å². The third-order valence-corrected chi connectivity index (χ3v) is 6.05. The predicted octanol–water partition coefficient (Wildman–Crippen LogP) is 5.89. The Kier molecular flexibility index (Phi) is 21.7. The van der Waals surface area contributed by atoms with Gasteiger partial charge in [-0.05, 0) is 43.7 Å². The summed E-state index contributed by atoms with van der Waals surface area (Å²) in [4.78, 5) is 14.8. The van der Waals surface area contributed by atoms with Gasteiger partial charge in [-0.2, -0.15) is 0 Å². The molecule has 0 saturated heterocycles. The third-order valence-electron chi connectivity index (χ3n) is 6.05. The van der Waals surface area contributed by atoms with Crippen LogP contribution in [-0.4, -0.2) is 75.3 Å². The molecule has 11 nitrogen and oxygen atoms in total. The van der Waals surface area contributed by atoms with Crippen molar-refractivity contribution in [2.75, 3.05) is 39.6 Å². The Hall–Kier alpha value is -2.40. The highest BCUT2D eigenvalue weighted by atomic mass is 16.7. The summed E-state index contributed by atoms with van der Waals surface area (Å²) in [6.45, 7) is 8.43. The molecule has 4 atom stereocenters. The van der Waals surface area contributed by atoms with Crippen molar-refractivity contribution in [3.63, 3.8) is 0 Å². The first-order chi connectivity index (χ1) is 19.5. The number of carbonyl (C=O) groups excluding carboxylic acids is 1. The van der Waals surface area contributed by atoms with Crippen molar-refractivity contribution in [3.8, 4) is 0 Å². The first kappa shape index (κ1) is 35.6. The molecule has 2 N–H and O–H groups in total. The normalized spacial score (nSPS) is 14.1. The molecule has 0 spiro atoms. The van der Waals surface area contributed by atoms with E-state index in [2.05, 4.69) is 29.2 Å². The van der Waals surface area contributed by atoms with Crippen molar-refractivity contribution in [1.82, 2.24) is 5.32 Å². The van der Waals surface area contributed by atoms with E-state index in [1.54, 1.807) is 6.92 Å². The summed E-state index contributed by atoms with van der Waals surface area (Å²) in [5, 5.41) is 16.9. The van der Waals surface area contributed by atoms with E-state index in [1.165, 1.54) is 0 Å². The highest BCUT2D eigenvalue weighted by Crippen LogP contribution is 2.15. The minimum Gasteiger partial charge on any atom is -0.445 e. The van der Waals surface area contributed by atoms with E-state index in [0.717, 1.165) is 56.9 Å². The zero-order chi connectivity index (χ0) is 29.3. The lowest BCUT2D eigenvalue weighted by Crippen LogP contribution is -2.42. The number of unbranched alkanes of at least 4 members (excludes halogenated alkanes) is 5. The lowest BCUT2D eigenvalue weighted by Gasteiger charge is -2.30. The molecular formula is C29H50N4O7. The maximum absolute atomic E-state index is 11.9. The Bertz CT molecular complexity index is 794. The highest BCUT2D eigenvalue weighted by molar-refractivity contribution is 5.67. The fourth-order valence-electron chi connectivity index (χ4n) is 3.58. The van der Waals surface area contributed by atoms with Crippen LogP contribution < -0.4 is 5.32 Å². The number of ether oxygens (including phenoxy) is 5. The van der Waals surface area contributed by atoms with Gasteiger partial charge in [0.05, 0.1) is 19.3 Å². The van der Waals surface area contributed by atoms with Gasteiger partial charge in [-0.15, -0.1) is 0 Å². The monoisotopic (exact) mass is 566 g/mol. The topological polar surface area (TPSA) is 144 Å². The largest absolute Gasteiger partial charge is 0.445 e. The van der Waals surface area contributed by atoms with Gasteiger partial charge >= 0.3 is 6.09 Å². The molecule has 0 fully saturated rings. The molecule has 1 rings (SSSR count). The highest BCUT2D eigenvalue weighted by Gasteiger charge is 2.28. The second kappa shape index (κ2) is 24.4. The average molecular weight is 567 g/mol. The zero-order valence-electron chi connectivity index (χ0n) is 24.5. The second-order valence-corrected chi connectivity index (χ2v) is 9.69. The van der Waals surface area contributed by atoms with Crippen LogP contribution in [0.1, 0.15) is 77.7 Å². The summed E-state index contributed by atoms with van der Waals surface area (Å²) in [6.07, 6.45) is 4.42. The fraction of sp³-hybridized carbons (Fsp3) is 0.759. The summed E-state index contributed by atoms with van der Waals surface area (Å²) < 4.78 is 28.7. The Morgan fingerprint density at radius 2 is 1.65 bits per heavy atom. The SMILES string of the molecule is CCCCOCC(O[C@H](OCCCCCCNC(=O)OCc1ccccc1)[C@H](COCCCC)N=[N+]=[N-])[C@H](C)O. The number of amides is 1. The Balaban J connectivity index is 2.46. The van der Waals surface area contributed by atoms with E-state index in [0.29, 0.717) is 26.4 Å². The lowest BCUT2D eigenvalue weighted by molar-refractivity contribution is -0.215. The number of azide groups is 1. The number of hydrogen-bond acceptors (Lipinski definition) is 8. The molecule has 1 amide bonds. The molecule has 228 valence electrons. The number of aliphatic hydroxyl groups excluding tert-OH is 1. The summed E-state index contributed by atoms with van der Waals surface area (Å²) in [5.41, 5.74) is 10.1. The molecule has 0 saturated carbocycles. The summed E-state index contributed by atoms with van der Waals surface area (Å²) >= 11 is 0. The molecule has 0 aromatic heterocycles. The van der Waals surface area contributed by atoms with Crippen LogP contribution in [0.4, 0.5) is 4.79 Å². The van der Waals surface area contributed by atoms with Gasteiger partial charge in [0.2, 0.25) is 0 Å². The maximum atomic E-state index is 11.9. The lowest BCUT2D eigenvalue weighted by atomic mass is 10.2. The average Bonchev–Trinajstić information content (AvgIpc) is 2.96. The fourth-order valence-corrected chi connectivity index (χ4v) is 3.58. The molecule has 11 heteroatoms. The third kappa shape index (κ3) is 18.0. The van der Waals surface area contributed by atoms with Gasteiger partial charge in [0.25, 0.3) is 0 Å². The van der Waals surface area contributed by atoms with Crippen LogP contribution in [0.25, 0.3) is 10.4 Å². The van der Waals surface area contributed by atoms with Gasteiger partial charge in [-0.3, -0.25) is 0 Å². The van der Waals surface area contributed by atoms with E-state index >= 15 is 0 Å². The van der Waals surface area contributed by atoms with Crippen LogP contribution in [0, 0.1) is 0 Å². The minimum absolute atomic E-state index is 0.157. The Labute approximate surface area is 239 Å². The van der Waals surface area contributed by atoms with Crippen LogP contribution in [-0.2, 0) is 30.3 Å². The van der Waals surface area contributed by atoms with Crippen LogP contribution in [0.15, 0.2) is 35.4 Å². The standard InChI is InChI=1S/C29H50N4O7/c1-4-6-18-36-22-26(32-33-30)28(40-27(24(3)34)23-37-19-7-5-2)38-20-14-9-8-13-17-31-29(35)39-21-25-15-11-10-12-16-25/h10-12,15-16,24,26-28,34H,4-9,13-14,17-23H2,1-3H3,(H,31,35)/t24-,26-,27?,28-/m0/s1. The van der Waals surface area contributed by atoms with Gasteiger partial charge in [-0.1, -0.05) is 75.0 Å². The first-order valence-corrected chi connectivity index (χ1v) is 14.6. The molecule has 40 heavy (non-hydrogen) atoms. The quantitative estimate of drug-likeness (QED) is 0.0493. The van der Waals surface area contributed by atoms with E-state index < -0.39 is 30.6 Å². The molecule has 1 unspecified atom stereocenters. The van der Waals surface area contributed by atoms with Crippen LogP contribution in [0.3, 0.4) is 0 Å². The number of benzene rings is 1. The molecule has 0 radical (unpaired) electrons. The summed E-state index contributed by atoms with van der Waals surface area (Å²) in [7, 11) is 0. The summed E-state index contributed by atoms with van der Waals surface area (Å²) in [5.74, 6) is 0. The molecule has 0 aliphatic rings. The van der Waals surface area contributed by atoms with E-state index in [1.807, 2.05) is 30.3 Å². The molecule has 0 aliphatic heterocycles. The number of nitrogens with one attached hydrogen (secondary N) is 1. The number of carbonyl (C=O) groups is 1. The Morgan fingerprint density at radius 3 is 2.30 bits per heavy atom. The van der Waals surface area contributed by atoms with Gasteiger partial charge in [0.15, 0.2) is 6.29 Å². The predicted molar refractivity (Wildman–Crippen MR) is 154 cm³/mol. The van der Waals surface area contributed by atoms with Crippen molar-refractivity contribution in [2.45, 2.75) is 103 Å². The zero-order valence-corrected chi connectivity index (χ0v) is 24.5. The van der Waals surface area contributed by atoms with Crippen molar-refractivity contribution >= 4 is 6.09 Å². The maximum Gasteiger partial charge on any atom is 0.407 e. The number of hydrogen-bond donors (Lipinski definition) is 2. The van der Waals surface area contributed by atoms with Crippen molar-refractivity contribution in [2.24, 2.45) is 5.11 Å². The number of alkyl carbamates (subject to hydrolysis) is 1. The molecule has 0 bridgehead atoms. The van der Waals surface area contributed by atoms with Gasteiger partial charge in [0, 0.05) is 31.3 Å². The van der Waals surface area contributed by atoms with Crippen LogP contribution in [0.5, 0.6) is 0 Å². The van der Waals surface area contributed by atoms with Gasteiger partial charge in [0.1, 0.15) is 18.8 Å². The molecule has 1 aromatic rings. The van der Waals surface area contributed by atoms with Gasteiger partial charge in [-0.25, -0.2) is 4.79 Å². The first-order valence-electron chi connectivity index (χ1n) is 14.6. The number of aliphatic hydroxyl groups is 1. The minimum atomic E-state index is -0.882. The van der Waals surface area contributed by atoms with E-state index in [9.17, 15) is 9.90 Å². The van der Waals surface area contributed by atoms with E-state index in [4.69, 9.17) is 29.2 Å². The molecule has 0 aliphatic carbocycles. The number of rotatable bonds is 25. The van der Waals surface area contributed by atoms with Gasteiger partial charge < -0.3 is 34.1 Å². The van der Waals surface area contributed by atoms with Crippen molar-refractivity contribution in [3.05, 3.63) is 46.3 Å². The van der Waals surface area contributed by atoms with Crippen molar-refractivity contribution in [1.29, 1.82) is 0 Å². The molecule has 0 heterocycles. The van der Waals surface area contributed by atoms with Crippen LogP contribution >= 0.6 is 0 Å². The summed E-state index contributed by atoms with van der Waals surface area (Å²) in [6, 6.07) is 8.84.